The van der Waals surface area contributed by atoms with Gasteiger partial charge < -0.3 is 9.64 Å². The molecule has 6 nitrogen and oxygen atoms in total. The number of nitrogens with zero attached hydrogens (tertiary/aromatic N) is 4. The van der Waals surface area contributed by atoms with Gasteiger partial charge in [0.25, 0.3) is 5.56 Å². The number of hydrogen-bond donors (Lipinski definition) is 0. The monoisotopic (exact) mass is 498 g/mol. The van der Waals surface area contributed by atoms with Gasteiger partial charge in [-0.25, -0.2) is 0 Å². The Morgan fingerprint density at radius 3 is 2.39 bits per heavy atom. The predicted molar refractivity (Wildman–Crippen MR) is 135 cm³/mol. The highest BCUT2D eigenvalue weighted by molar-refractivity contribution is 5.58. The average molecular weight is 499 g/mol. The van der Waals surface area contributed by atoms with Crippen LogP contribution in [0, 0.1) is 6.92 Å². The van der Waals surface area contributed by atoms with Crippen molar-refractivity contribution in [1.82, 2.24) is 9.47 Å². The molecule has 0 atom stereocenters. The third-order valence-corrected chi connectivity index (χ3v) is 6.31. The minimum Gasteiger partial charge on any atom is -0.489 e. The zero-order valence-electron chi connectivity index (χ0n) is 20.2. The maximum atomic E-state index is 12.8. The van der Waals surface area contributed by atoms with Gasteiger partial charge in [0, 0.05) is 31.2 Å². The Hall–Kier alpha value is -3.59. The van der Waals surface area contributed by atoms with Crippen LogP contribution in [0.1, 0.15) is 29.5 Å². The fourth-order valence-corrected chi connectivity index (χ4v) is 4.31. The number of hydrogen-bond acceptors (Lipinski definition) is 5. The molecule has 0 amide bonds. The van der Waals surface area contributed by atoms with E-state index in [-0.39, 0.29) is 12.2 Å². The van der Waals surface area contributed by atoms with Crippen LogP contribution in [0.5, 0.6) is 5.75 Å². The largest absolute Gasteiger partial charge is 0.489 e. The second-order valence-electron chi connectivity index (χ2n) is 8.84. The number of aryl methyl sites for hydroxylation is 1. The lowest BCUT2D eigenvalue weighted by atomic mass is 10.1. The Kier molecular flexibility index (Phi) is 7.79. The van der Waals surface area contributed by atoms with Gasteiger partial charge in [0.15, 0.2) is 0 Å². The topological polar surface area (TPSA) is 50.1 Å². The highest BCUT2D eigenvalue weighted by Gasteiger charge is 2.29. The number of pyridine rings is 1. The maximum Gasteiger partial charge on any atom is 0.416 e. The van der Waals surface area contributed by atoms with Crippen molar-refractivity contribution < 1.29 is 17.9 Å². The molecular weight excluding hydrogens is 469 g/mol. The van der Waals surface area contributed by atoms with Crippen molar-refractivity contribution in [3.8, 4) is 11.4 Å². The van der Waals surface area contributed by atoms with Crippen molar-refractivity contribution in [2.75, 3.05) is 31.2 Å². The summed E-state index contributed by atoms with van der Waals surface area (Å²) in [6.07, 6.45) is -0.282. The van der Waals surface area contributed by atoms with Crippen LogP contribution in [0.3, 0.4) is 0 Å². The molecule has 9 heteroatoms. The summed E-state index contributed by atoms with van der Waals surface area (Å²) in [6, 6.07) is 13.5. The molecule has 190 valence electrons. The summed E-state index contributed by atoms with van der Waals surface area (Å²) >= 11 is 0. The van der Waals surface area contributed by atoms with Gasteiger partial charge in [-0.15, -0.1) is 0 Å². The molecule has 0 unspecified atom stereocenters. The molecule has 1 fully saturated rings. The number of rotatable bonds is 9. The second kappa shape index (κ2) is 11.0. The van der Waals surface area contributed by atoms with Crippen LogP contribution >= 0.6 is 0 Å². The third kappa shape index (κ3) is 6.15. The molecule has 0 N–H and O–H groups in total. The van der Waals surface area contributed by atoms with Crippen molar-refractivity contribution in [2.24, 2.45) is 5.10 Å². The van der Waals surface area contributed by atoms with E-state index in [0.717, 1.165) is 49.6 Å². The zero-order chi connectivity index (χ0) is 25.7. The molecular formula is C27H29F3N4O2. The van der Waals surface area contributed by atoms with Gasteiger partial charge in [-0.1, -0.05) is 12.1 Å². The van der Waals surface area contributed by atoms with Crippen LogP contribution in [0.2, 0.25) is 0 Å². The van der Waals surface area contributed by atoms with Crippen molar-refractivity contribution in [3.63, 3.8) is 0 Å². The summed E-state index contributed by atoms with van der Waals surface area (Å²) in [7, 11) is 0. The lowest BCUT2D eigenvalue weighted by molar-refractivity contribution is -0.137. The first-order valence-corrected chi connectivity index (χ1v) is 11.8. The van der Waals surface area contributed by atoms with E-state index in [1.807, 2.05) is 30.1 Å². The predicted octanol–water partition coefficient (Wildman–Crippen LogP) is 5.26. The van der Waals surface area contributed by atoms with Crippen molar-refractivity contribution in [1.29, 1.82) is 0 Å². The van der Waals surface area contributed by atoms with Gasteiger partial charge >= 0.3 is 6.18 Å². The van der Waals surface area contributed by atoms with Crippen LogP contribution in [0.15, 0.2) is 70.7 Å². The summed E-state index contributed by atoms with van der Waals surface area (Å²) in [5, 5.41) is 6.08. The standard InChI is InChI=1S/C27H29F3N4O2/c1-20-17-23(9-10-25(20)34(31-2)16-15-32-12-3-4-13-32)33-14-11-24(18-26(33)35)36-19-21-5-7-22(8-6-21)27(28,29)30/h5-11,14,17-18H,2-4,12-13,15-16,19H2,1H3. The molecule has 0 radical (unpaired) electrons. The molecule has 36 heavy (non-hydrogen) atoms. The number of hydrazone groups is 1. The Bertz CT molecular complexity index is 1250. The van der Waals surface area contributed by atoms with E-state index < -0.39 is 11.7 Å². The first kappa shape index (κ1) is 25.5. The molecule has 1 aliphatic rings. The number of ether oxygens (including phenoxy) is 1. The number of aromatic nitrogens is 1. The molecule has 4 rings (SSSR count). The van der Waals surface area contributed by atoms with E-state index >= 15 is 0 Å². The summed E-state index contributed by atoms with van der Waals surface area (Å²) in [4.78, 5) is 15.2. The summed E-state index contributed by atoms with van der Waals surface area (Å²) in [5.41, 5.74) is 2.20. The molecule has 2 heterocycles. The second-order valence-corrected chi connectivity index (χ2v) is 8.84. The molecule has 0 saturated carbocycles. The molecule has 0 spiro atoms. The van der Waals surface area contributed by atoms with Gasteiger partial charge in [0.05, 0.1) is 17.8 Å². The SMILES string of the molecule is C=NN(CCN1CCCC1)c1ccc(-n2ccc(OCc3ccc(C(F)(F)F)cc3)cc2=O)cc1C. The molecule has 3 aromatic rings. The summed E-state index contributed by atoms with van der Waals surface area (Å²) in [6.45, 7) is 9.66. The van der Waals surface area contributed by atoms with Crippen LogP contribution in [0.25, 0.3) is 5.69 Å². The molecule has 1 aromatic heterocycles. The van der Waals surface area contributed by atoms with Crippen LogP contribution in [-0.2, 0) is 12.8 Å². The highest BCUT2D eigenvalue weighted by Crippen LogP contribution is 2.29. The average Bonchev–Trinajstić information content (AvgIpc) is 3.37. The van der Waals surface area contributed by atoms with E-state index in [1.165, 1.54) is 35.6 Å². The van der Waals surface area contributed by atoms with Gasteiger partial charge in [0.1, 0.15) is 12.4 Å². The maximum absolute atomic E-state index is 12.8. The van der Waals surface area contributed by atoms with Crippen molar-refractivity contribution >= 4 is 12.4 Å². The van der Waals surface area contributed by atoms with Crippen molar-refractivity contribution in [2.45, 2.75) is 32.5 Å². The molecule has 1 aliphatic heterocycles. The fourth-order valence-electron chi connectivity index (χ4n) is 4.31. The molecule has 0 bridgehead atoms. The van der Waals surface area contributed by atoms with Crippen LogP contribution in [-0.4, -0.2) is 42.4 Å². The number of halogens is 3. The lowest BCUT2D eigenvalue weighted by Gasteiger charge is -2.24. The Morgan fingerprint density at radius 1 is 1.06 bits per heavy atom. The zero-order valence-corrected chi connectivity index (χ0v) is 20.2. The summed E-state index contributed by atoms with van der Waals surface area (Å²) < 4.78 is 45.3. The number of benzene rings is 2. The number of anilines is 1. The smallest absolute Gasteiger partial charge is 0.416 e. The lowest BCUT2D eigenvalue weighted by Crippen LogP contribution is -2.31. The van der Waals surface area contributed by atoms with Crippen LogP contribution in [0.4, 0.5) is 18.9 Å². The van der Waals surface area contributed by atoms with Crippen LogP contribution < -0.4 is 15.3 Å². The van der Waals surface area contributed by atoms with E-state index in [0.29, 0.717) is 17.0 Å². The summed E-state index contributed by atoms with van der Waals surface area (Å²) in [5.74, 6) is 0.341. The Balaban J connectivity index is 1.42. The Labute approximate surface area is 208 Å². The highest BCUT2D eigenvalue weighted by atomic mass is 19.4. The van der Waals surface area contributed by atoms with Gasteiger partial charge in [0.2, 0.25) is 0 Å². The minimum absolute atomic E-state index is 0.0528. The normalized spacial score (nSPS) is 14.1. The van der Waals surface area contributed by atoms with E-state index in [1.54, 1.807) is 12.3 Å². The van der Waals surface area contributed by atoms with E-state index in [2.05, 4.69) is 16.7 Å². The minimum atomic E-state index is -4.38. The number of alkyl halides is 3. The third-order valence-electron chi connectivity index (χ3n) is 6.31. The first-order chi connectivity index (χ1) is 17.2. The van der Waals surface area contributed by atoms with Gasteiger partial charge in [-0.3, -0.25) is 14.4 Å². The Morgan fingerprint density at radius 2 is 1.78 bits per heavy atom. The van der Waals surface area contributed by atoms with Crippen molar-refractivity contribution in [3.05, 3.63) is 87.8 Å². The quantitative estimate of drug-likeness (QED) is 0.298. The first-order valence-electron chi connectivity index (χ1n) is 11.8. The molecule has 0 aliphatic carbocycles. The van der Waals surface area contributed by atoms with E-state index in [9.17, 15) is 18.0 Å². The number of likely N-dealkylation sites (tertiary alicyclic amines) is 1. The van der Waals surface area contributed by atoms with E-state index in [4.69, 9.17) is 4.74 Å². The molecule has 2 aromatic carbocycles. The van der Waals surface area contributed by atoms with Gasteiger partial charge in [-0.05, 0) is 80.4 Å². The molecule has 1 saturated heterocycles. The fraction of sp³-hybridized carbons (Fsp3) is 0.333. The van der Waals surface area contributed by atoms with Gasteiger partial charge in [-0.2, -0.15) is 18.3 Å².